The van der Waals surface area contributed by atoms with E-state index in [1.807, 2.05) is 66.7 Å². The van der Waals surface area contributed by atoms with Crippen molar-refractivity contribution < 1.29 is 9.21 Å². The van der Waals surface area contributed by atoms with Gasteiger partial charge in [0.25, 0.3) is 0 Å². The van der Waals surface area contributed by atoms with Gasteiger partial charge in [-0.25, -0.2) is 0 Å². The third kappa shape index (κ3) is 3.22. The van der Waals surface area contributed by atoms with Gasteiger partial charge in [0.05, 0.1) is 5.69 Å². The summed E-state index contributed by atoms with van der Waals surface area (Å²) in [5.74, 6) is 0.187. The van der Waals surface area contributed by atoms with Crippen molar-refractivity contribution in [3.8, 4) is 0 Å². The van der Waals surface area contributed by atoms with Gasteiger partial charge in [-0.15, -0.1) is 0 Å². The van der Waals surface area contributed by atoms with Crippen LogP contribution in [0.4, 0.5) is 5.69 Å². The Balaban J connectivity index is 1.72. The molecule has 0 aliphatic heterocycles. The van der Waals surface area contributed by atoms with Crippen molar-refractivity contribution in [2.45, 2.75) is 6.54 Å². The van der Waals surface area contributed by atoms with E-state index in [-0.39, 0.29) is 5.78 Å². The van der Waals surface area contributed by atoms with Crippen molar-refractivity contribution in [2.75, 3.05) is 5.32 Å². The fourth-order valence-electron chi connectivity index (χ4n) is 2.89. The molecule has 0 spiro atoms. The Morgan fingerprint density at radius 2 is 1.58 bits per heavy atom. The number of nitrogens with one attached hydrogen (secondary N) is 1. The van der Waals surface area contributed by atoms with Crippen molar-refractivity contribution in [1.82, 2.24) is 0 Å². The lowest BCUT2D eigenvalue weighted by molar-refractivity contribution is 0.101. The van der Waals surface area contributed by atoms with Crippen LogP contribution in [0.1, 0.15) is 21.7 Å². The second-order valence-electron chi connectivity index (χ2n) is 5.98. The molecule has 1 N–H and O–H groups in total. The van der Waals surface area contributed by atoms with Crippen LogP contribution in [-0.2, 0) is 6.54 Å². The van der Waals surface area contributed by atoms with E-state index in [9.17, 15) is 4.79 Å². The highest BCUT2D eigenvalue weighted by Gasteiger charge is 2.21. The van der Waals surface area contributed by atoms with Crippen LogP contribution in [0, 0.1) is 0 Å². The molecule has 0 saturated heterocycles. The zero-order valence-corrected chi connectivity index (χ0v) is 14.7. The van der Waals surface area contributed by atoms with E-state index in [0.717, 1.165) is 10.9 Å². The molecule has 128 valence electrons. The fourth-order valence-corrected chi connectivity index (χ4v) is 3.02. The summed E-state index contributed by atoms with van der Waals surface area (Å²) < 4.78 is 5.89. The molecule has 1 heterocycles. The van der Waals surface area contributed by atoms with Gasteiger partial charge < -0.3 is 9.73 Å². The topological polar surface area (TPSA) is 42.2 Å². The van der Waals surface area contributed by atoms with Crippen LogP contribution in [0.3, 0.4) is 0 Å². The minimum Gasteiger partial charge on any atom is -0.450 e. The molecule has 0 bridgehead atoms. The lowest BCUT2D eigenvalue weighted by Crippen LogP contribution is -2.06. The maximum Gasteiger partial charge on any atom is 0.230 e. The Kier molecular flexibility index (Phi) is 4.46. The van der Waals surface area contributed by atoms with Crippen LogP contribution in [0.5, 0.6) is 0 Å². The van der Waals surface area contributed by atoms with Crippen molar-refractivity contribution in [3.63, 3.8) is 0 Å². The number of anilines is 1. The van der Waals surface area contributed by atoms with Gasteiger partial charge in [0.1, 0.15) is 5.58 Å². The van der Waals surface area contributed by atoms with E-state index < -0.39 is 0 Å². The first-order valence-corrected chi connectivity index (χ1v) is 8.70. The van der Waals surface area contributed by atoms with Gasteiger partial charge in [0.15, 0.2) is 5.76 Å². The summed E-state index contributed by atoms with van der Waals surface area (Å²) in [4.78, 5) is 12.9. The fraction of sp³-hybridized carbons (Fsp3) is 0.0455. The molecule has 4 heteroatoms. The highest BCUT2D eigenvalue weighted by atomic mass is 35.5. The molecular formula is C22H16ClNO2. The predicted octanol–water partition coefficient (Wildman–Crippen LogP) is 5.93. The summed E-state index contributed by atoms with van der Waals surface area (Å²) in [6.45, 7) is 0.565. The van der Waals surface area contributed by atoms with E-state index in [0.29, 0.717) is 34.2 Å². The zero-order chi connectivity index (χ0) is 17.9. The van der Waals surface area contributed by atoms with Crippen LogP contribution in [0.2, 0.25) is 5.02 Å². The first kappa shape index (κ1) is 16.4. The summed E-state index contributed by atoms with van der Waals surface area (Å²) in [5.41, 5.74) is 3.06. The van der Waals surface area contributed by atoms with Gasteiger partial charge in [0, 0.05) is 22.5 Å². The molecule has 1 aromatic heterocycles. The molecule has 0 saturated carbocycles. The van der Waals surface area contributed by atoms with Gasteiger partial charge in [-0.05, 0) is 29.8 Å². The average molecular weight is 362 g/mol. The normalized spacial score (nSPS) is 10.8. The molecular weight excluding hydrogens is 346 g/mol. The number of halogens is 1. The number of ketones is 1. The molecule has 0 amide bonds. The number of hydrogen-bond donors (Lipinski definition) is 1. The molecule has 0 aliphatic carbocycles. The van der Waals surface area contributed by atoms with Gasteiger partial charge in [0.2, 0.25) is 5.78 Å². The summed E-state index contributed by atoms with van der Waals surface area (Å²) >= 11 is 5.94. The second-order valence-corrected chi connectivity index (χ2v) is 6.41. The summed E-state index contributed by atoms with van der Waals surface area (Å²) in [7, 11) is 0. The Morgan fingerprint density at radius 1 is 0.885 bits per heavy atom. The number of fused-ring (bicyclic) bond motifs is 1. The SMILES string of the molecule is O=C(c1ccccc1)c1oc2ccccc2c1NCc1ccc(Cl)cc1. The molecule has 0 atom stereocenters. The average Bonchev–Trinajstić information content (AvgIpc) is 3.06. The molecule has 3 aromatic carbocycles. The van der Waals surface area contributed by atoms with Gasteiger partial charge in [-0.2, -0.15) is 0 Å². The number of furan rings is 1. The third-order valence-corrected chi connectivity index (χ3v) is 4.47. The van der Waals surface area contributed by atoms with Crippen molar-refractivity contribution >= 4 is 34.0 Å². The van der Waals surface area contributed by atoms with Crippen LogP contribution < -0.4 is 5.32 Å². The zero-order valence-electron chi connectivity index (χ0n) is 13.9. The quantitative estimate of drug-likeness (QED) is 0.448. The van der Waals surface area contributed by atoms with E-state index in [4.69, 9.17) is 16.0 Å². The number of carbonyl (C=O) groups is 1. The lowest BCUT2D eigenvalue weighted by atomic mass is 10.1. The number of rotatable bonds is 5. The second kappa shape index (κ2) is 7.06. The monoisotopic (exact) mass is 361 g/mol. The molecule has 3 nitrogen and oxygen atoms in total. The van der Waals surface area contributed by atoms with Gasteiger partial charge in [-0.3, -0.25) is 4.79 Å². The molecule has 26 heavy (non-hydrogen) atoms. The van der Waals surface area contributed by atoms with Gasteiger partial charge in [-0.1, -0.05) is 66.2 Å². The number of para-hydroxylation sites is 1. The van der Waals surface area contributed by atoms with Crippen molar-refractivity contribution in [1.29, 1.82) is 0 Å². The van der Waals surface area contributed by atoms with E-state index in [1.54, 1.807) is 12.1 Å². The first-order chi connectivity index (χ1) is 12.7. The number of hydrogen-bond acceptors (Lipinski definition) is 3. The molecule has 4 aromatic rings. The van der Waals surface area contributed by atoms with Gasteiger partial charge >= 0.3 is 0 Å². The molecule has 0 aliphatic rings. The van der Waals surface area contributed by atoms with Crippen LogP contribution >= 0.6 is 11.6 Å². The summed E-state index contributed by atoms with van der Waals surface area (Å²) in [5, 5.41) is 4.95. The van der Waals surface area contributed by atoms with E-state index in [1.165, 1.54) is 0 Å². The number of benzene rings is 3. The highest BCUT2D eigenvalue weighted by Crippen LogP contribution is 2.32. The van der Waals surface area contributed by atoms with Crippen LogP contribution in [-0.4, -0.2) is 5.78 Å². The van der Waals surface area contributed by atoms with E-state index in [2.05, 4.69) is 5.32 Å². The summed E-state index contributed by atoms with van der Waals surface area (Å²) in [6, 6.07) is 24.4. The van der Waals surface area contributed by atoms with Crippen molar-refractivity contribution in [2.24, 2.45) is 0 Å². The maximum atomic E-state index is 12.9. The highest BCUT2D eigenvalue weighted by molar-refractivity contribution is 6.30. The lowest BCUT2D eigenvalue weighted by Gasteiger charge is -2.07. The number of carbonyl (C=O) groups excluding carboxylic acids is 1. The molecule has 4 rings (SSSR count). The minimum atomic E-state index is -0.139. The maximum absolute atomic E-state index is 12.9. The standard InChI is InChI=1S/C22H16ClNO2/c23-17-12-10-15(11-13-17)14-24-20-18-8-4-5-9-19(18)26-22(20)21(25)16-6-2-1-3-7-16/h1-13,24H,14H2. The largest absolute Gasteiger partial charge is 0.450 e. The smallest absolute Gasteiger partial charge is 0.230 e. The molecule has 0 unspecified atom stereocenters. The Bertz CT molecular complexity index is 1050. The predicted molar refractivity (Wildman–Crippen MR) is 105 cm³/mol. The Hall–Kier alpha value is -3.04. The minimum absolute atomic E-state index is 0.139. The Labute approximate surface area is 156 Å². The molecule has 0 fully saturated rings. The van der Waals surface area contributed by atoms with Crippen molar-refractivity contribution in [3.05, 3.63) is 101 Å². The summed E-state index contributed by atoms with van der Waals surface area (Å²) in [6.07, 6.45) is 0. The Morgan fingerprint density at radius 3 is 2.35 bits per heavy atom. The third-order valence-electron chi connectivity index (χ3n) is 4.22. The van der Waals surface area contributed by atoms with Crippen LogP contribution in [0.25, 0.3) is 11.0 Å². The van der Waals surface area contributed by atoms with Crippen LogP contribution in [0.15, 0.2) is 83.3 Å². The first-order valence-electron chi connectivity index (χ1n) is 8.32. The molecule has 0 radical (unpaired) electrons. The van der Waals surface area contributed by atoms with E-state index >= 15 is 0 Å².